The lowest BCUT2D eigenvalue weighted by molar-refractivity contribution is 0.480. The summed E-state index contributed by atoms with van der Waals surface area (Å²) < 4.78 is 24.1. The van der Waals surface area contributed by atoms with Crippen molar-refractivity contribution in [2.45, 2.75) is 18.9 Å². The summed E-state index contributed by atoms with van der Waals surface area (Å²) >= 11 is 0. The molecule has 1 unspecified atom stereocenters. The molecule has 7 heteroatoms. The maximum absolute atomic E-state index is 10.9. The third-order valence-corrected chi connectivity index (χ3v) is 3.31. The Morgan fingerprint density at radius 3 is 2.78 bits per heavy atom. The topological polar surface area (TPSA) is 96.2 Å². The smallest absolute Gasteiger partial charge is 0.296 e. The fourth-order valence-electron chi connectivity index (χ4n) is 2.05. The zero-order chi connectivity index (χ0) is 13.0. The van der Waals surface area contributed by atoms with Crippen molar-refractivity contribution in [2.24, 2.45) is 5.14 Å². The SMILES string of the molecule is NS(=O)(=O)Nc1cccc(NC2CCCNC2)c1. The second-order valence-corrected chi connectivity index (χ2v) is 5.71. The summed E-state index contributed by atoms with van der Waals surface area (Å²) in [6.45, 7) is 1.98. The third kappa shape index (κ3) is 4.17. The van der Waals surface area contributed by atoms with Gasteiger partial charge in [-0.3, -0.25) is 4.72 Å². The van der Waals surface area contributed by atoms with Crippen LogP contribution < -0.4 is 20.5 Å². The van der Waals surface area contributed by atoms with E-state index in [0.29, 0.717) is 11.7 Å². The largest absolute Gasteiger partial charge is 0.381 e. The normalized spacial score (nSPS) is 20.4. The van der Waals surface area contributed by atoms with Crippen LogP contribution in [0.2, 0.25) is 0 Å². The molecule has 100 valence electrons. The molecule has 18 heavy (non-hydrogen) atoms. The average molecular weight is 270 g/mol. The maximum Gasteiger partial charge on any atom is 0.296 e. The van der Waals surface area contributed by atoms with Crippen LogP contribution in [0.3, 0.4) is 0 Å². The van der Waals surface area contributed by atoms with Crippen molar-refractivity contribution in [2.75, 3.05) is 23.1 Å². The predicted molar refractivity (Wildman–Crippen MR) is 72.7 cm³/mol. The van der Waals surface area contributed by atoms with Gasteiger partial charge < -0.3 is 10.6 Å². The van der Waals surface area contributed by atoms with E-state index in [0.717, 1.165) is 31.6 Å². The lowest BCUT2D eigenvalue weighted by Gasteiger charge is -2.25. The Bertz CT molecular complexity index is 498. The van der Waals surface area contributed by atoms with Crippen molar-refractivity contribution in [3.05, 3.63) is 24.3 Å². The molecule has 0 radical (unpaired) electrons. The number of benzene rings is 1. The van der Waals surface area contributed by atoms with Crippen LogP contribution in [0.5, 0.6) is 0 Å². The van der Waals surface area contributed by atoms with Crippen LogP contribution in [0.25, 0.3) is 0 Å². The van der Waals surface area contributed by atoms with Gasteiger partial charge in [-0.05, 0) is 37.6 Å². The predicted octanol–water partition coefficient (Wildman–Crippen LogP) is 0.466. The number of hydrogen-bond donors (Lipinski definition) is 4. The number of nitrogens with one attached hydrogen (secondary N) is 3. The van der Waals surface area contributed by atoms with Crippen molar-refractivity contribution < 1.29 is 8.42 Å². The summed E-state index contributed by atoms with van der Waals surface area (Å²) in [5.74, 6) is 0. The molecule has 2 rings (SSSR count). The third-order valence-electron chi connectivity index (χ3n) is 2.79. The summed E-state index contributed by atoms with van der Waals surface area (Å²) in [7, 11) is -3.72. The summed E-state index contributed by atoms with van der Waals surface area (Å²) in [5.41, 5.74) is 1.35. The van der Waals surface area contributed by atoms with Crippen molar-refractivity contribution in [1.82, 2.24) is 5.32 Å². The fraction of sp³-hybridized carbons (Fsp3) is 0.455. The van der Waals surface area contributed by atoms with Gasteiger partial charge in [0, 0.05) is 18.3 Å². The molecular weight excluding hydrogens is 252 g/mol. The van der Waals surface area contributed by atoms with Crippen molar-refractivity contribution in [3.63, 3.8) is 0 Å². The highest BCUT2D eigenvalue weighted by molar-refractivity contribution is 7.90. The lowest BCUT2D eigenvalue weighted by atomic mass is 10.1. The standard InChI is InChI=1S/C11H18N4O2S/c12-18(16,17)15-10-4-1-3-9(7-10)14-11-5-2-6-13-8-11/h1,3-4,7,11,13-15H,2,5-6,8H2,(H2,12,16,17). The Morgan fingerprint density at radius 2 is 2.11 bits per heavy atom. The van der Waals surface area contributed by atoms with E-state index >= 15 is 0 Å². The molecule has 5 N–H and O–H groups in total. The van der Waals surface area contributed by atoms with Gasteiger partial charge in [0.2, 0.25) is 0 Å². The second kappa shape index (κ2) is 5.55. The Hall–Kier alpha value is -1.31. The minimum Gasteiger partial charge on any atom is -0.381 e. The van der Waals surface area contributed by atoms with Crippen LogP contribution in [0.15, 0.2) is 24.3 Å². The van der Waals surface area contributed by atoms with Crippen molar-refractivity contribution in [1.29, 1.82) is 0 Å². The maximum atomic E-state index is 10.9. The van der Waals surface area contributed by atoms with Crippen LogP contribution in [0.1, 0.15) is 12.8 Å². The highest BCUT2D eigenvalue weighted by Crippen LogP contribution is 2.18. The summed E-state index contributed by atoms with van der Waals surface area (Å²) in [4.78, 5) is 0. The Morgan fingerprint density at radius 1 is 1.33 bits per heavy atom. The molecule has 1 aromatic rings. The highest BCUT2D eigenvalue weighted by Gasteiger charge is 2.12. The van der Waals surface area contributed by atoms with E-state index in [1.807, 2.05) is 6.07 Å². The minimum absolute atomic E-state index is 0.378. The first-order valence-electron chi connectivity index (χ1n) is 5.91. The van der Waals surface area contributed by atoms with Gasteiger partial charge in [-0.15, -0.1) is 0 Å². The molecule has 0 amide bonds. The zero-order valence-corrected chi connectivity index (χ0v) is 10.8. The van der Waals surface area contributed by atoms with Gasteiger partial charge in [-0.2, -0.15) is 8.42 Å². The zero-order valence-electron chi connectivity index (χ0n) is 10.0. The van der Waals surface area contributed by atoms with E-state index in [1.165, 1.54) is 0 Å². The van der Waals surface area contributed by atoms with Crippen LogP contribution in [-0.2, 0) is 10.2 Å². The minimum atomic E-state index is -3.72. The van der Waals surface area contributed by atoms with Gasteiger partial charge in [0.1, 0.15) is 0 Å². The molecular formula is C11H18N4O2S. The Balaban J connectivity index is 2.02. The first-order chi connectivity index (χ1) is 8.53. The second-order valence-electron chi connectivity index (χ2n) is 4.42. The van der Waals surface area contributed by atoms with Gasteiger partial charge in [-0.25, -0.2) is 5.14 Å². The number of hydrogen-bond acceptors (Lipinski definition) is 4. The number of piperidine rings is 1. The number of nitrogens with two attached hydrogens (primary N) is 1. The van der Waals surface area contributed by atoms with E-state index in [4.69, 9.17) is 5.14 Å². The van der Waals surface area contributed by atoms with Crippen molar-refractivity contribution in [3.8, 4) is 0 Å². The van der Waals surface area contributed by atoms with E-state index in [9.17, 15) is 8.42 Å². The van der Waals surface area contributed by atoms with Gasteiger partial charge in [0.25, 0.3) is 10.2 Å². The molecule has 1 fully saturated rings. The molecule has 0 saturated carbocycles. The summed E-state index contributed by atoms with van der Waals surface area (Å²) in [6, 6.07) is 7.46. The van der Waals surface area contributed by atoms with Crippen LogP contribution in [-0.4, -0.2) is 27.5 Å². The van der Waals surface area contributed by atoms with E-state index in [-0.39, 0.29) is 0 Å². The van der Waals surface area contributed by atoms with Gasteiger partial charge in [-0.1, -0.05) is 6.07 Å². The fourth-order valence-corrected chi connectivity index (χ4v) is 2.50. The quantitative estimate of drug-likeness (QED) is 0.639. The molecule has 1 saturated heterocycles. The molecule has 1 atom stereocenters. The first-order valence-corrected chi connectivity index (χ1v) is 7.45. The van der Waals surface area contributed by atoms with E-state index in [1.54, 1.807) is 18.2 Å². The summed E-state index contributed by atoms with van der Waals surface area (Å²) in [5, 5.41) is 11.6. The van der Waals surface area contributed by atoms with E-state index < -0.39 is 10.2 Å². The van der Waals surface area contributed by atoms with Gasteiger partial charge >= 0.3 is 0 Å². The monoisotopic (exact) mass is 270 g/mol. The van der Waals surface area contributed by atoms with Crippen LogP contribution in [0.4, 0.5) is 11.4 Å². The molecule has 6 nitrogen and oxygen atoms in total. The molecule has 1 aliphatic rings. The first kappa shape index (κ1) is 13.1. The summed E-state index contributed by atoms with van der Waals surface area (Å²) in [6.07, 6.45) is 2.26. The molecule has 0 aliphatic carbocycles. The number of rotatable bonds is 4. The Kier molecular flexibility index (Phi) is 4.05. The van der Waals surface area contributed by atoms with Crippen LogP contribution in [0, 0.1) is 0 Å². The molecule has 1 aliphatic heterocycles. The molecule has 1 aromatic carbocycles. The lowest BCUT2D eigenvalue weighted by Crippen LogP contribution is -2.38. The van der Waals surface area contributed by atoms with Gasteiger partial charge in [0.15, 0.2) is 0 Å². The van der Waals surface area contributed by atoms with Crippen LogP contribution >= 0.6 is 0 Å². The molecule has 1 heterocycles. The highest BCUT2D eigenvalue weighted by atomic mass is 32.2. The molecule has 0 spiro atoms. The molecule has 0 aromatic heterocycles. The average Bonchev–Trinajstić information content (AvgIpc) is 2.28. The van der Waals surface area contributed by atoms with E-state index in [2.05, 4.69) is 15.4 Å². The van der Waals surface area contributed by atoms with Crippen molar-refractivity contribution >= 4 is 21.6 Å². The molecule has 0 bridgehead atoms. The van der Waals surface area contributed by atoms with Gasteiger partial charge in [0.05, 0.1) is 5.69 Å². The number of anilines is 2. The Labute approximate surface area is 107 Å².